The highest BCUT2D eigenvalue weighted by molar-refractivity contribution is 6.02. The molecule has 2 aromatic rings. The summed E-state index contributed by atoms with van der Waals surface area (Å²) in [7, 11) is 1.31. The van der Waals surface area contributed by atoms with Crippen LogP contribution in [0.25, 0.3) is 0 Å². The van der Waals surface area contributed by atoms with Crippen LogP contribution < -0.4 is 10.6 Å². The summed E-state index contributed by atoms with van der Waals surface area (Å²) in [6, 6.07) is 14.8. The SMILES string of the molecule is COC(=O)c1ccccc1NC(=O)CNc1ccc(C(C)(C)C)cc1. The lowest BCUT2D eigenvalue weighted by atomic mass is 9.87. The number of carbonyl (C=O) groups is 2. The molecule has 5 nitrogen and oxygen atoms in total. The number of carbonyl (C=O) groups excluding carboxylic acids is 2. The molecule has 2 N–H and O–H groups in total. The smallest absolute Gasteiger partial charge is 0.339 e. The van der Waals surface area contributed by atoms with Crippen LogP contribution in [0.2, 0.25) is 0 Å². The van der Waals surface area contributed by atoms with Gasteiger partial charge in [0, 0.05) is 5.69 Å². The molecule has 25 heavy (non-hydrogen) atoms. The van der Waals surface area contributed by atoms with Crippen molar-refractivity contribution in [3.63, 3.8) is 0 Å². The number of hydrogen-bond acceptors (Lipinski definition) is 4. The minimum absolute atomic E-state index is 0.0908. The number of anilines is 2. The monoisotopic (exact) mass is 340 g/mol. The van der Waals surface area contributed by atoms with E-state index in [1.807, 2.05) is 24.3 Å². The van der Waals surface area contributed by atoms with Crippen LogP contribution in [0.15, 0.2) is 48.5 Å². The van der Waals surface area contributed by atoms with Gasteiger partial charge in [0.05, 0.1) is 24.9 Å². The van der Waals surface area contributed by atoms with E-state index in [2.05, 4.69) is 31.4 Å². The van der Waals surface area contributed by atoms with Gasteiger partial charge in [-0.3, -0.25) is 4.79 Å². The fourth-order valence-corrected chi connectivity index (χ4v) is 2.34. The number of rotatable bonds is 5. The van der Waals surface area contributed by atoms with Crippen molar-refractivity contribution in [2.45, 2.75) is 26.2 Å². The number of amides is 1. The second-order valence-corrected chi connectivity index (χ2v) is 6.77. The van der Waals surface area contributed by atoms with Crippen molar-refractivity contribution < 1.29 is 14.3 Å². The van der Waals surface area contributed by atoms with Crippen molar-refractivity contribution in [2.24, 2.45) is 0 Å². The van der Waals surface area contributed by atoms with E-state index in [-0.39, 0.29) is 17.9 Å². The normalized spacial score (nSPS) is 10.9. The van der Waals surface area contributed by atoms with Gasteiger partial charge in [0.15, 0.2) is 0 Å². The van der Waals surface area contributed by atoms with Gasteiger partial charge >= 0.3 is 5.97 Å². The second-order valence-electron chi connectivity index (χ2n) is 6.77. The van der Waals surface area contributed by atoms with Gasteiger partial charge in [-0.2, -0.15) is 0 Å². The van der Waals surface area contributed by atoms with Gasteiger partial charge < -0.3 is 15.4 Å². The van der Waals surface area contributed by atoms with E-state index >= 15 is 0 Å². The number of nitrogens with one attached hydrogen (secondary N) is 2. The van der Waals surface area contributed by atoms with E-state index in [4.69, 9.17) is 4.74 Å². The lowest BCUT2D eigenvalue weighted by molar-refractivity contribution is -0.114. The molecule has 0 saturated carbocycles. The molecule has 0 saturated heterocycles. The Kier molecular flexibility index (Phi) is 5.80. The lowest BCUT2D eigenvalue weighted by Gasteiger charge is -2.19. The first-order chi connectivity index (χ1) is 11.8. The average molecular weight is 340 g/mol. The number of ether oxygens (including phenoxy) is 1. The average Bonchev–Trinajstić information content (AvgIpc) is 2.59. The maximum absolute atomic E-state index is 12.1. The number of para-hydroxylation sites is 1. The highest BCUT2D eigenvalue weighted by atomic mass is 16.5. The van der Waals surface area contributed by atoms with E-state index < -0.39 is 5.97 Å². The van der Waals surface area contributed by atoms with Crippen LogP contribution in [0.1, 0.15) is 36.7 Å². The van der Waals surface area contributed by atoms with E-state index in [0.29, 0.717) is 11.3 Å². The molecule has 2 rings (SSSR count). The first-order valence-corrected chi connectivity index (χ1v) is 8.13. The molecule has 5 heteroatoms. The van der Waals surface area contributed by atoms with Crippen molar-refractivity contribution in [1.29, 1.82) is 0 Å². The summed E-state index contributed by atoms with van der Waals surface area (Å²) in [6.07, 6.45) is 0. The predicted octanol–water partition coefficient (Wildman–Crippen LogP) is 3.82. The third kappa shape index (κ3) is 5.08. The van der Waals surface area contributed by atoms with Crippen LogP contribution >= 0.6 is 0 Å². The lowest BCUT2D eigenvalue weighted by Crippen LogP contribution is -2.23. The maximum atomic E-state index is 12.1. The van der Waals surface area contributed by atoms with Crippen molar-refractivity contribution in [2.75, 3.05) is 24.3 Å². The van der Waals surface area contributed by atoms with Crippen molar-refractivity contribution in [3.8, 4) is 0 Å². The molecule has 1 amide bonds. The first-order valence-electron chi connectivity index (χ1n) is 8.13. The molecule has 0 aromatic heterocycles. The van der Waals surface area contributed by atoms with Crippen molar-refractivity contribution in [3.05, 3.63) is 59.7 Å². The molecule has 0 atom stereocenters. The summed E-state index contributed by atoms with van der Waals surface area (Å²) in [5, 5.41) is 5.81. The van der Waals surface area contributed by atoms with E-state index in [1.165, 1.54) is 12.7 Å². The highest BCUT2D eigenvalue weighted by Crippen LogP contribution is 2.23. The topological polar surface area (TPSA) is 67.4 Å². The summed E-state index contributed by atoms with van der Waals surface area (Å²) in [5.41, 5.74) is 2.95. The number of hydrogen-bond donors (Lipinski definition) is 2. The maximum Gasteiger partial charge on any atom is 0.339 e. The number of benzene rings is 2. The van der Waals surface area contributed by atoms with E-state index in [1.54, 1.807) is 24.3 Å². The molecule has 2 aromatic carbocycles. The van der Waals surface area contributed by atoms with Crippen LogP contribution in [0, 0.1) is 0 Å². The first kappa shape index (κ1) is 18.5. The molecule has 0 heterocycles. The van der Waals surface area contributed by atoms with Crippen LogP contribution in [0.3, 0.4) is 0 Å². The summed E-state index contributed by atoms with van der Waals surface area (Å²) < 4.78 is 4.72. The summed E-state index contributed by atoms with van der Waals surface area (Å²) in [5.74, 6) is -0.724. The number of esters is 1. The zero-order chi connectivity index (χ0) is 18.4. The quantitative estimate of drug-likeness (QED) is 0.812. The fraction of sp³-hybridized carbons (Fsp3) is 0.300. The zero-order valence-electron chi connectivity index (χ0n) is 15.1. The molecule has 0 bridgehead atoms. The van der Waals surface area contributed by atoms with Gasteiger partial charge in [-0.25, -0.2) is 4.79 Å². The summed E-state index contributed by atoms with van der Waals surface area (Å²) >= 11 is 0. The molecular weight excluding hydrogens is 316 g/mol. The van der Waals surface area contributed by atoms with E-state index in [0.717, 1.165) is 5.69 Å². The van der Waals surface area contributed by atoms with Gasteiger partial charge in [0.1, 0.15) is 0 Å². The third-order valence-electron chi connectivity index (χ3n) is 3.81. The minimum atomic E-state index is -0.485. The van der Waals surface area contributed by atoms with Gasteiger partial charge in [0.25, 0.3) is 0 Å². The Morgan fingerprint density at radius 2 is 1.64 bits per heavy atom. The second kappa shape index (κ2) is 7.83. The Morgan fingerprint density at radius 3 is 2.24 bits per heavy atom. The van der Waals surface area contributed by atoms with E-state index in [9.17, 15) is 9.59 Å². The van der Waals surface area contributed by atoms with Crippen LogP contribution in [0.4, 0.5) is 11.4 Å². The Bertz CT molecular complexity index is 746. The minimum Gasteiger partial charge on any atom is -0.465 e. The standard InChI is InChI=1S/C20H24N2O3/c1-20(2,3)14-9-11-15(12-10-14)21-13-18(23)22-17-8-6-5-7-16(17)19(24)25-4/h5-12,21H,13H2,1-4H3,(H,22,23). The van der Waals surface area contributed by atoms with Crippen molar-refractivity contribution in [1.82, 2.24) is 0 Å². The Hall–Kier alpha value is -2.82. The molecule has 0 radical (unpaired) electrons. The largest absolute Gasteiger partial charge is 0.465 e. The molecule has 0 spiro atoms. The van der Waals surface area contributed by atoms with Crippen LogP contribution in [-0.2, 0) is 14.9 Å². The molecule has 0 aliphatic rings. The van der Waals surface area contributed by atoms with Crippen LogP contribution in [0.5, 0.6) is 0 Å². The van der Waals surface area contributed by atoms with Gasteiger partial charge in [0.2, 0.25) is 5.91 Å². The Morgan fingerprint density at radius 1 is 1.00 bits per heavy atom. The van der Waals surface area contributed by atoms with Gasteiger partial charge in [-0.1, -0.05) is 45.0 Å². The zero-order valence-corrected chi connectivity index (χ0v) is 15.1. The Labute approximate surface area is 148 Å². The third-order valence-corrected chi connectivity index (χ3v) is 3.81. The highest BCUT2D eigenvalue weighted by Gasteiger charge is 2.14. The molecule has 0 fully saturated rings. The van der Waals surface area contributed by atoms with Gasteiger partial charge in [-0.05, 0) is 35.2 Å². The predicted molar refractivity (Wildman–Crippen MR) is 100 cm³/mol. The molecule has 0 aliphatic carbocycles. The molecule has 0 aliphatic heterocycles. The molecule has 132 valence electrons. The van der Waals surface area contributed by atoms with Crippen molar-refractivity contribution >= 4 is 23.3 Å². The Balaban J connectivity index is 1.97. The summed E-state index contributed by atoms with van der Waals surface area (Å²) in [4.78, 5) is 23.9. The van der Waals surface area contributed by atoms with Crippen LogP contribution in [-0.4, -0.2) is 25.5 Å². The summed E-state index contributed by atoms with van der Waals surface area (Å²) in [6.45, 7) is 6.56. The number of methoxy groups -OCH3 is 1. The molecule has 0 unspecified atom stereocenters. The molecular formula is C20H24N2O3. The fourth-order valence-electron chi connectivity index (χ4n) is 2.34. The van der Waals surface area contributed by atoms with Gasteiger partial charge in [-0.15, -0.1) is 0 Å².